The molecule has 0 bridgehead atoms. The van der Waals surface area contributed by atoms with E-state index in [0.29, 0.717) is 24.4 Å². The minimum atomic E-state index is -0.602. The van der Waals surface area contributed by atoms with Gasteiger partial charge in [0.1, 0.15) is 17.0 Å². The summed E-state index contributed by atoms with van der Waals surface area (Å²) in [6.07, 6.45) is 3.94. The second-order valence-corrected chi connectivity index (χ2v) is 4.12. The van der Waals surface area contributed by atoms with Crippen molar-refractivity contribution in [2.75, 3.05) is 13.7 Å². The van der Waals surface area contributed by atoms with Gasteiger partial charge in [-0.3, -0.25) is 4.99 Å². The Labute approximate surface area is 124 Å². The van der Waals surface area contributed by atoms with Crippen LogP contribution in [0.2, 0.25) is 0 Å². The molecule has 1 rings (SSSR count). The normalized spacial score (nSPS) is 12.1. The fourth-order valence-corrected chi connectivity index (χ4v) is 1.60. The second kappa shape index (κ2) is 8.73. The van der Waals surface area contributed by atoms with Crippen molar-refractivity contribution in [2.45, 2.75) is 26.7 Å². The van der Waals surface area contributed by atoms with E-state index in [-0.39, 0.29) is 17.9 Å². The first-order chi connectivity index (χ1) is 10.1. The van der Waals surface area contributed by atoms with Crippen LogP contribution >= 0.6 is 0 Å². The Kier molecular flexibility index (Phi) is 6.94. The van der Waals surface area contributed by atoms with Crippen LogP contribution < -0.4 is 4.74 Å². The van der Waals surface area contributed by atoms with E-state index in [0.717, 1.165) is 0 Å². The van der Waals surface area contributed by atoms with Crippen LogP contribution in [-0.4, -0.2) is 36.0 Å². The number of pyridine rings is 1. The fourth-order valence-electron chi connectivity index (χ4n) is 1.60. The molecule has 0 saturated carbocycles. The van der Waals surface area contributed by atoms with Gasteiger partial charge in [-0.25, -0.2) is 9.78 Å². The summed E-state index contributed by atoms with van der Waals surface area (Å²) >= 11 is 0. The van der Waals surface area contributed by atoms with Crippen LogP contribution in [0.15, 0.2) is 34.7 Å². The minimum Gasteiger partial charge on any atom is -0.511 e. The number of nitrogens with zero attached hydrogens (tertiary/aromatic N) is 2. The summed E-state index contributed by atoms with van der Waals surface area (Å²) < 4.78 is 10.00. The summed E-state index contributed by atoms with van der Waals surface area (Å²) in [4.78, 5) is 20.0. The highest BCUT2D eigenvalue weighted by atomic mass is 16.5. The maximum absolute atomic E-state index is 11.9. The number of aliphatic hydroxyl groups is 1. The smallest absolute Gasteiger partial charge is 0.343 e. The molecule has 0 spiro atoms. The predicted octanol–water partition coefficient (Wildman–Crippen LogP) is 2.97. The zero-order chi connectivity index (χ0) is 15.7. The zero-order valence-corrected chi connectivity index (χ0v) is 12.5. The SMILES string of the molecule is CCCC(O)=C(C=Nc1cccnc1OC)C(=O)OCC. The highest BCUT2D eigenvalue weighted by Gasteiger charge is 2.14. The number of aliphatic hydroxyl groups excluding tert-OH is 1. The average molecular weight is 292 g/mol. The molecule has 1 aromatic heterocycles. The monoisotopic (exact) mass is 292 g/mol. The summed E-state index contributed by atoms with van der Waals surface area (Å²) in [6, 6.07) is 3.40. The maximum Gasteiger partial charge on any atom is 0.343 e. The number of allylic oxidation sites excluding steroid dienone is 1. The van der Waals surface area contributed by atoms with Crippen LogP contribution in [-0.2, 0) is 9.53 Å². The van der Waals surface area contributed by atoms with Gasteiger partial charge in [0.25, 0.3) is 0 Å². The van der Waals surface area contributed by atoms with E-state index in [4.69, 9.17) is 9.47 Å². The van der Waals surface area contributed by atoms with Crippen molar-refractivity contribution in [3.8, 4) is 5.88 Å². The lowest BCUT2D eigenvalue weighted by Gasteiger charge is -2.06. The summed E-state index contributed by atoms with van der Waals surface area (Å²) in [6.45, 7) is 3.83. The number of ether oxygens (including phenoxy) is 2. The molecule has 0 atom stereocenters. The molecule has 1 N–H and O–H groups in total. The van der Waals surface area contributed by atoms with Gasteiger partial charge in [0.2, 0.25) is 5.88 Å². The first-order valence-electron chi connectivity index (χ1n) is 6.76. The first-order valence-corrected chi connectivity index (χ1v) is 6.76. The fraction of sp³-hybridized carbons (Fsp3) is 0.400. The number of aliphatic imine (C=N–C) groups is 1. The van der Waals surface area contributed by atoms with Gasteiger partial charge in [0.15, 0.2) is 0 Å². The molecule has 0 aliphatic carbocycles. The molecular weight excluding hydrogens is 272 g/mol. The van der Waals surface area contributed by atoms with E-state index in [1.165, 1.54) is 13.3 Å². The van der Waals surface area contributed by atoms with E-state index in [2.05, 4.69) is 9.98 Å². The van der Waals surface area contributed by atoms with Gasteiger partial charge in [0, 0.05) is 18.8 Å². The van der Waals surface area contributed by atoms with Crippen molar-refractivity contribution >= 4 is 17.9 Å². The van der Waals surface area contributed by atoms with Crippen molar-refractivity contribution in [1.82, 2.24) is 4.98 Å². The molecule has 6 heteroatoms. The summed E-state index contributed by atoms with van der Waals surface area (Å²) in [5, 5.41) is 9.95. The lowest BCUT2D eigenvalue weighted by molar-refractivity contribution is -0.138. The molecule has 0 aliphatic rings. The molecule has 1 aromatic rings. The van der Waals surface area contributed by atoms with E-state index in [1.807, 2.05) is 6.92 Å². The van der Waals surface area contributed by atoms with Crippen LogP contribution in [0.1, 0.15) is 26.7 Å². The van der Waals surface area contributed by atoms with Crippen LogP contribution in [0.3, 0.4) is 0 Å². The van der Waals surface area contributed by atoms with E-state index in [9.17, 15) is 9.90 Å². The molecule has 21 heavy (non-hydrogen) atoms. The lowest BCUT2D eigenvalue weighted by Crippen LogP contribution is -2.11. The van der Waals surface area contributed by atoms with Crippen molar-refractivity contribution in [3.05, 3.63) is 29.7 Å². The minimum absolute atomic E-state index is 0.0393. The van der Waals surface area contributed by atoms with Crippen LogP contribution in [0.25, 0.3) is 0 Å². The van der Waals surface area contributed by atoms with Crippen LogP contribution in [0.4, 0.5) is 5.69 Å². The Balaban J connectivity index is 3.08. The van der Waals surface area contributed by atoms with Crippen LogP contribution in [0.5, 0.6) is 5.88 Å². The summed E-state index contributed by atoms with van der Waals surface area (Å²) in [7, 11) is 1.48. The number of methoxy groups -OCH3 is 1. The number of hydrogen-bond donors (Lipinski definition) is 1. The molecule has 114 valence electrons. The van der Waals surface area contributed by atoms with Crippen molar-refractivity contribution in [1.29, 1.82) is 0 Å². The molecule has 0 amide bonds. The van der Waals surface area contributed by atoms with Gasteiger partial charge in [-0.05, 0) is 25.5 Å². The lowest BCUT2D eigenvalue weighted by atomic mass is 10.1. The standard InChI is InChI=1S/C15H20N2O4/c1-4-7-13(18)11(15(19)21-5-2)10-17-12-8-6-9-16-14(12)20-3/h6,8-10,18H,4-5,7H2,1-3H3. The third-order valence-corrected chi connectivity index (χ3v) is 2.57. The first kappa shape index (κ1) is 16.7. The number of carbonyl (C=O) groups is 1. The molecule has 0 fully saturated rings. The number of carbonyl (C=O) groups excluding carboxylic acids is 1. The van der Waals surface area contributed by atoms with Gasteiger partial charge in [-0.2, -0.15) is 0 Å². The van der Waals surface area contributed by atoms with E-state index in [1.54, 1.807) is 25.3 Å². The molecule has 0 saturated heterocycles. The highest BCUT2D eigenvalue weighted by molar-refractivity contribution is 6.10. The zero-order valence-electron chi connectivity index (χ0n) is 12.5. The molecule has 0 unspecified atom stereocenters. The number of rotatable bonds is 7. The Morgan fingerprint density at radius 3 is 2.86 bits per heavy atom. The van der Waals surface area contributed by atoms with Gasteiger partial charge in [-0.1, -0.05) is 6.92 Å². The molecule has 0 aromatic carbocycles. The molecule has 0 radical (unpaired) electrons. The number of aromatic nitrogens is 1. The molecule has 1 heterocycles. The quantitative estimate of drug-likeness (QED) is 0.361. The highest BCUT2D eigenvalue weighted by Crippen LogP contribution is 2.23. The molecule has 6 nitrogen and oxygen atoms in total. The number of hydrogen-bond acceptors (Lipinski definition) is 6. The Morgan fingerprint density at radius 1 is 1.48 bits per heavy atom. The van der Waals surface area contributed by atoms with Crippen molar-refractivity contribution < 1.29 is 19.4 Å². The average Bonchev–Trinajstić information content (AvgIpc) is 2.48. The molecular formula is C15H20N2O4. The van der Waals surface area contributed by atoms with Crippen LogP contribution in [0, 0.1) is 0 Å². The van der Waals surface area contributed by atoms with Gasteiger partial charge < -0.3 is 14.6 Å². The third-order valence-electron chi connectivity index (χ3n) is 2.57. The van der Waals surface area contributed by atoms with Crippen molar-refractivity contribution in [3.63, 3.8) is 0 Å². The van der Waals surface area contributed by atoms with E-state index >= 15 is 0 Å². The summed E-state index contributed by atoms with van der Waals surface area (Å²) in [5.74, 6) is -0.301. The summed E-state index contributed by atoms with van der Waals surface area (Å²) in [5.41, 5.74) is 0.510. The number of esters is 1. The largest absolute Gasteiger partial charge is 0.511 e. The second-order valence-electron chi connectivity index (χ2n) is 4.12. The Bertz CT molecular complexity index is 538. The third kappa shape index (κ3) is 4.91. The van der Waals surface area contributed by atoms with Gasteiger partial charge in [0.05, 0.1) is 13.7 Å². The van der Waals surface area contributed by atoms with Crippen molar-refractivity contribution in [2.24, 2.45) is 4.99 Å². The topological polar surface area (TPSA) is 81.0 Å². The maximum atomic E-state index is 11.9. The predicted molar refractivity (Wildman–Crippen MR) is 80.1 cm³/mol. The molecule has 0 aliphatic heterocycles. The Morgan fingerprint density at radius 2 is 2.24 bits per heavy atom. The van der Waals surface area contributed by atoms with Gasteiger partial charge in [-0.15, -0.1) is 0 Å². The van der Waals surface area contributed by atoms with E-state index < -0.39 is 5.97 Å². The Hall–Kier alpha value is -2.37. The van der Waals surface area contributed by atoms with Gasteiger partial charge >= 0.3 is 5.97 Å².